The molecule has 3 rings (SSSR count). The lowest BCUT2D eigenvalue weighted by atomic mass is 9.96. The topological polar surface area (TPSA) is 43.9 Å². The van der Waals surface area contributed by atoms with Gasteiger partial charge in [-0.3, -0.25) is 9.59 Å². The monoisotopic (exact) mass is 371 g/mol. The minimum atomic E-state index is -0.0631. The summed E-state index contributed by atoms with van der Waals surface area (Å²) in [6, 6.07) is 8.64. The molecule has 27 heavy (non-hydrogen) atoms. The van der Waals surface area contributed by atoms with E-state index in [4.69, 9.17) is 0 Å². The van der Waals surface area contributed by atoms with Gasteiger partial charge in [-0.25, -0.2) is 0 Å². The van der Waals surface area contributed by atoms with Crippen LogP contribution in [0.4, 0.5) is 5.69 Å². The maximum absolute atomic E-state index is 12.9. The second-order valence-corrected chi connectivity index (χ2v) is 7.94. The van der Waals surface area contributed by atoms with Crippen molar-refractivity contribution >= 4 is 17.5 Å². The van der Waals surface area contributed by atoms with Gasteiger partial charge in [0, 0.05) is 51.9 Å². The molecule has 0 radical (unpaired) electrons. The predicted molar refractivity (Wildman–Crippen MR) is 109 cm³/mol. The summed E-state index contributed by atoms with van der Waals surface area (Å²) in [5.74, 6) is 0.249. The number of hydrogen-bond acceptors (Lipinski definition) is 3. The number of carbonyl (C=O) groups excluding carboxylic acids is 2. The van der Waals surface area contributed by atoms with Crippen LogP contribution in [0, 0.1) is 5.92 Å². The molecule has 1 aromatic carbocycles. The lowest BCUT2D eigenvalue weighted by molar-refractivity contribution is -0.140. The highest BCUT2D eigenvalue weighted by Gasteiger charge is 2.29. The van der Waals surface area contributed by atoms with Gasteiger partial charge in [-0.05, 0) is 49.8 Å². The van der Waals surface area contributed by atoms with Gasteiger partial charge in [0.05, 0.1) is 5.92 Å². The normalized spacial score (nSPS) is 20.4. The maximum atomic E-state index is 12.9. The van der Waals surface area contributed by atoms with E-state index in [0.717, 1.165) is 38.0 Å². The quantitative estimate of drug-likeness (QED) is 0.798. The van der Waals surface area contributed by atoms with E-state index in [1.807, 2.05) is 23.8 Å². The Balaban J connectivity index is 1.55. The molecule has 2 amide bonds. The van der Waals surface area contributed by atoms with Crippen molar-refractivity contribution in [2.24, 2.45) is 5.92 Å². The number of anilines is 1. The molecule has 0 saturated carbocycles. The lowest BCUT2D eigenvalue weighted by Crippen LogP contribution is -2.45. The molecule has 2 heterocycles. The van der Waals surface area contributed by atoms with Gasteiger partial charge in [-0.1, -0.05) is 19.1 Å². The van der Waals surface area contributed by atoms with E-state index in [0.29, 0.717) is 19.5 Å². The Kier molecular flexibility index (Phi) is 6.75. The first-order valence-corrected chi connectivity index (χ1v) is 10.4. The van der Waals surface area contributed by atoms with Crippen molar-refractivity contribution in [3.05, 3.63) is 29.8 Å². The fraction of sp³-hybridized carbons (Fsp3) is 0.636. The van der Waals surface area contributed by atoms with Gasteiger partial charge >= 0.3 is 0 Å². The van der Waals surface area contributed by atoms with E-state index in [-0.39, 0.29) is 17.7 Å². The minimum absolute atomic E-state index is 0.0631. The Bertz CT molecular complexity index is 637. The molecule has 1 aromatic rings. The highest BCUT2D eigenvalue weighted by Crippen LogP contribution is 2.22. The Labute approximate surface area is 163 Å². The summed E-state index contributed by atoms with van der Waals surface area (Å²) in [6.45, 7) is 6.16. The van der Waals surface area contributed by atoms with E-state index in [1.54, 1.807) is 0 Å². The van der Waals surface area contributed by atoms with Gasteiger partial charge in [0.15, 0.2) is 0 Å². The number of benzene rings is 1. The summed E-state index contributed by atoms with van der Waals surface area (Å²) in [7, 11) is 1.88. The first-order chi connectivity index (χ1) is 13.1. The van der Waals surface area contributed by atoms with Crippen molar-refractivity contribution < 1.29 is 9.59 Å². The summed E-state index contributed by atoms with van der Waals surface area (Å²) in [5.41, 5.74) is 2.44. The number of rotatable bonds is 5. The third-order valence-corrected chi connectivity index (χ3v) is 5.88. The van der Waals surface area contributed by atoms with Gasteiger partial charge < -0.3 is 14.7 Å². The SMILES string of the molecule is CCC(=O)N1CCCC(C(=O)N(C)Cc2ccc(N3CCCCC3)cc2)C1. The largest absolute Gasteiger partial charge is 0.372 e. The third kappa shape index (κ3) is 5.02. The molecule has 0 aliphatic carbocycles. The molecule has 5 heteroatoms. The molecule has 2 aliphatic rings. The molecular formula is C22H33N3O2. The molecule has 1 unspecified atom stereocenters. The molecule has 2 aliphatic heterocycles. The number of nitrogens with zero attached hydrogens (tertiary/aromatic N) is 3. The minimum Gasteiger partial charge on any atom is -0.372 e. The van der Waals surface area contributed by atoms with Crippen LogP contribution in [0.5, 0.6) is 0 Å². The molecule has 0 spiro atoms. The Hall–Kier alpha value is -2.04. The zero-order valence-electron chi connectivity index (χ0n) is 16.8. The molecule has 0 aromatic heterocycles. The van der Waals surface area contributed by atoms with Crippen LogP contribution in [0.25, 0.3) is 0 Å². The number of likely N-dealkylation sites (tertiary alicyclic amines) is 1. The predicted octanol–water partition coefficient (Wildman–Crippen LogP) is 3.28. The summed E-state index contributed by atoms with van der Waals surface area (Å²) in [4.78, 5) is 30.9. The van der Waals surface area contributed by atoms with E-state index in [2.05, 4.69) is 29.2 Å². The van der Waals surface area contributed by atoms with Crippen LogP contribution < -0.4 is 4.90 Å². The van der Waals surface area contributed by atoms with Crippen molar-refractivity contribution in [2.45, 2.75) is 52.0 Å². The van der Waals surface area contributed by atoms with Crippen molar-refractivity contribution in [2.75, 3.05) is 38.1 Å². The van der Waals surface area contributed by atoms with Crippen LogP contribution in [-0.4, -0.2) is 54.8 Å². The van der Waals surface area contributed by atoms with Gasteiger partial charge in [-0.15, -0.1) is 0 Å². The molecule has 0 bridgehead atoms. The zero-order chi connectivity index (χ0) is 19.2. The highest BCUT2D eigenvalue weighted by atomic mass is 16.2. The lowest BCUT2D eigenvalue weighted by Gasteiger charge is -2.34. The van der Waals surface area contributed by atoms with Crippen molar-refractivity contribution in [3.8, 4) is 0 Å². The van der Waals surface area contributed by atoms with E-state index < -0.39 is 0 Å². The zero-order valence-corrected chi connectivity index (χ0v) is 16.8. The van der Waals surface area contributed by atoms with Crippen LogP contribution in [0.1, 0.15) is 51.0 Å². The molecule has 5 nitrogen and oxygen atoms in total. The number of hydrogen-bond donors (Lipinski definition) is 0. The number of carbonyl (C=O) groups is 2. The molecule has 148 valence electrons. The van der Waals surface area contributed by atoms with Crippen LogP contribution in [0.15, 0.2) is 24.3 Å². The molecular weight excluding hydrogens is 338 g/mol. The van der Waals surface area contributed by atoms with Crippen LogP contribution in [-0.2, 0) is 16.1 Å². The Morgan fingerprint density at radius 3 is 2.41 bits per heavy atom. The third-order valence-electron chi connectivity index (χ3n) is 5.88. The fourth-order valence-electron chi connectivity index (χ4n) is 4.26. The second-order valence-electron chi connectivity index (χ2n) is 7.94. The van der Waals surface area contributed by atoms with Crippen LogP contribution in [0.2, 0.25) is 0 Å². The molecule has 2 saturated heterocycles. The summed E-state index contributed by atoms with van der Waals surface area (Å²) in [5, 5.41) is 0. The summed E-state index contributed by atoms with van der Waals surface area (Å²) in [6.07, 6.45) is 6.20. The van der Waals surface area contributed by atoms with Crippen LogP contribution in [0.3, 0.4) is 0 Å². The van der Waals surface area contributed by atoms with Gasteiger partial charge in [0.25, 0.3) is 0 Å². The summed E-state index contributed by atoms with van der Waals surface area (Å²) < 4.78 is 0. The average Bonchev–Trinajstić information content (AvgIpc) is 2.73. The highest BCUT2D eigenvalue weighted by molar-refractivity contribution is 5.81. The van der Waals surface area contributed by atoms with Gasteiger partial charge in [0.1, 0.15) is 0 Å². The van der Waals surface area contributed by atoms with E-state index >= 15 is 0 Å². The molecule has 0 N–H and O–H groups in total. The van der Waals surface area contributed by atoms with E-state index in [9.17, 15) is 9.59 Å². The van der Waals surface area contributed by atoms with Crippen molar-refractivity contribution in [1.82, 2.24) is 9.80 Å². The maximum Gasteiger partial charge on any atom is 0.227 e. The smallest absolute Gasteiger partial charge is 0.227 e. The standard InChI is InChI=1S/C22H33N3O2/c1-3-21(26)25-15-7-8-19(17-25)22(27)23(2)16-18-9-11-20(12-10-18)24-13-5-4-6-14-24/h9-12,19H,3-8,13-17H2,1-2H3. The molecule has 1 atom stereocenters. The van der Waals surface area contributed by atoms with E-state index in [1.165, 1.54) is 24.9 Å². The Morgan fingerprint density at radius 2 is 1.74 bits per heavy atom. The number of piperidine rings is 2. The van der Waals surface area contributed by atoms with Crippen LogP contribution >= 0.6 is 0 Å². The fourth-order valence-corrected chi connectivity index (χ4v) is 4.26. The Morgan fingerprint density at radius 1 is 1.04 bits per heavy atom. The molecule has 2 fully saturated rings. The number of amides is 2. The van der Waals surface area contributed by atoms with Gasteiger partial charge in [-0.2, -0.15) is 0 Å². The van der Waals surface area contributed by atoms with Crippen molar-refractivity contribution in [3.63, 3.8) is 0 Å². The van der Waals surface area contributed by atoms with Crippen molar-refractivity contribution in [1.29, 1.82) is 0 Å². The summed E-state index contributed by atoms with van der Waals surface area (Å²) >= 11 is 0. The van der Waals surface area contributed by atoms with Gasteiger partial charge in [0.2, 0.25) is 11.8 Å². The first-order valence-electron chi connectivity index (χ1n) is 10.4. The first kappa shape index (κ1) is 19.7. The average molecular weight is 372 g/mol. The second kappa shape index (κ2) is 9.25.